The highest BCUT2D eigenvalue weighted by atomic mass is 32.1. The smallest absolute Gasteiger partial charge is 0.125 e. The van der Waals surface area contributed by atoms with Crippen LogP contribution in [0.15, 0.2) is 164 Å². The molecule has 9 aromatic carbocycles. The van der Waals surface area contributed by atoms with Crippen LogP contribution in [0.1, 0.15) is 0 Å². The lowest BCUT2D eigenvalue weighted by atomic mass is 9.84. The van der Waals surface area contributed by atoms with E-state index in [2.05, 4.69) is 164 Å². The van der Waals surface area contributed by atoms with E-state index >= 15 is 0 Å². The van der Waals surface area contributed by atoms with E-state index in [1.165, 1.54) is 86.4 Å². The summed E-state index contributed by atoms with van der Waals surface area (Å²) in [6, 6.07) is 59.8. The lowest BCUT2D eigenvalue weighted by molar-refractivity contribution is 1.49. The number of aromatic nitrogens is 1. The molecule has 0 aliphatic rings. The van der Waals surface area contributed by atoms with Gasteiger partial charge in [0.2, 0.25) is 0 Å². The number of fused-ring (bicyclic) bond motifs is 7. The van der Waals surface area contributed by atoms with Crippen LogP contribution in [-0.4, -0.2) is 4.98 Å². The zero-order valence-electron chi connectivity index (χ0n) is 25.4. The molecule has 0 aliphatic carbocycles. The summed E-state index contributed by atoms with van der Waals surface area (Å²) in [6.45, 7) is 0. The average Bonchev–Trinajstić information content (AvgIpc) is 3.57. The van der Waals surface area contributed by atoms with E-state index in [0.717, 1.165) is 10.5 Å². The third-order valence-electron chi connectivity index (χ3n) is 9.66. The van der Waals surface area contributed by atoms with E-state index in [-0.39, 0.29) is 0 Å². The quantitative estimate of drug-likeness (QED) is 0.143. The molecule has 0 amide bonds. The van der Waals surface area contributed by atoms with E-state index < -0.39 is 0 Å². The molecule has 47 heavy (non-hydrogen) atoms. The first-order valence-electron chi connectivity index (χ1n) is 16.1. The maximum Gasteiger partial charge on any atom is 0.125 e. The molecular formula is C45H27NS. The summed E-state index contributed by atoms with van der Waals surface area (Å²) in [7, 11) is 0. The van der Waals surface area contributed by atoms with Crippen LogP contribution in [0.25, 0.3) is 96.9 Å². The Morgan fingerprint density at radius 3 is 1.72 bits per heavy atom. The van der Waals surface area contributed by atoms with E-state index in [0.29, 0.717) is 0 Å². The highest BCUT2D eigenvalue weighted by molar-refractivity contribution is 7.21. The van der Waals surface area contributed by atoms with Gasteiger partial charge in [0.1, 0.15) is 5.01 Å². The van der Waals surface area contributed by atoms with Crippen molar-refractivity contribution in [2.24, 2.45) is 0 Å². The number of hydrogen-bond acceptors (Lipinski definition) is 2. The fourth-order valence-electron chi connectivity index (χ4n) is 7.59. The molecule has 0 saturated carbocycles. The molecule has 0 unspecified atom stereocenters. The van der Waals surface area contributed by atoms with Gasteiger partial charge >= 0.3 is 0 Å². The lowest BCUT2D eigenvalue weighted by Gasteiger charge is -2.19. The minimum atomic E-state index is 1.06. The normalized spacial score (nSPS) is 11.8. The summed E-state index contributed by atoms with van der Waals surface area (Å²) < 4.78 is 1.22. The molecule has 0 radical (unpaired) electrons. The van der Waals surface area contributed by atoms with Crippen molar-refractivity contribution >= 4 is 75.4 Å². The molecule has 1 nitrogen and oxygen atoms in total. The van der Waals surface area contributed by atoms with Gasteiger partial charge in [-0.2, -0.15) is 0 Å². The molecular weight excluding hydrogens is 587 g/mol. The van der Waals surface area contributed by atoms with Crippen LogP contribution in [0.2, 0.25) is 0 Å². The van der Waals surface area contributed by atoms with Gasteiger partial charge in [-0.15, -0.1) is 11.3 Å². The van der Waals surface area contributed by atoms with Crippen molar-refractivity contribution in [1.82, 2.24) is 4.98 Å². The average molecular weight is 614 g/mol. The van der Waals surface area contributed by atoms with Gasteiger partial charge < -0.3 is 0 Å². The highest BCUT2D eigenvalue weighted by Gasteiger charge is 2.18. The van der Waals surface area contributed by atoms with Crippen molar-refractivity contribution in [2.75, 3.05) is 0 Å². The zero-order valence-corrected chi connectivity index (χ0v) is 26.3. The van der Waals surface area contributed by atoms with E-state index in [4.69, 9.17) is 4.98 Å². The number of thiazole rings is 1. The molecule has 0 aliphatic heterocycles. The maximum atomic E-state index is 5.00. The van der Waals surface area contributed by atoms with E-state index in [1.807, 2.05) is 0 Å². The maximum absolute atomic E-state index is 5.00. The molecule has 218 valence electrons. The van der Waals surface area contributed by atoms with Crippen LogP contribution in [-0.2, 0) is 0 Å². The number of hydrogen-bond donors (Lipinski definition) is 0. The summed E-state index contributed by atoms with van der Waals surface area (Å²) in [5.74, 6) is 0. The van der Waals surface area contributed by atoms with Crippen LogP contribution in [0, 0.1) is 0 Å². The van der Waals surface area contributed by atoms with Gasteiger partial charge in [-0.05, 0) is 100 Å². The second-order valence-corrected chi connectivity index (χ2v) is 13.3. The molecule has 0 N–H and O–H groups in total. The van der Waals surface area contributed by atoms with Crippen molar-refractivity contribution in [2.45, 2.75) is 0 Å². The van der Waals surface area contributed by atoms with Gasteiger partial charge in [0.25, 0.3) is 0 Å². The Bertz CT molecular complexity index is 2750. The Kier molecular flexibility index (Phi) is 5.81. The van der Waals surface area contributed by atoms with Crippen molar-refractivity contribution in [3.05, 3.63) is 164 Å². The third-order valence-corrected chi connectivity index (χ3v) is 10.7. The van der Waals surface area contributed by atoms with Crippen LogP contribution in [0.3, 0.4) is 0 Å². The minimum Gasteiger partial charge on any atom is -0.236 e. The first-order chi connectivity index (χ1) is 23.3. The van der Waals surface area contributed by atoms with Gasteiger partial charge in [-0.3, -0.25) is 0 Å². The Morgan fingerprint density at radius 2 is 0.957 bits per heavy atom. The molecule has 0 fully saturated rings. The summed E-state index contributed by atoms with van der Waals surface area (Å²) in [5.41, 5.74) is 7.34. The second-order valence-electron chi connectivity index (χ2n) is 12.3. The lowest BCUT2D eigenvalue weighted by Crippen LogP contribution is -1.91. The molecule has 10 rings (SSSR count). The predicted octanol–water partition coefficient (Wildman–Crippen LogP) is 13.1. The van der Waals surface area contributed by atoms with Crippen LogP contribution < -0.4 is 0 Å². The summed E-state index contributed by atoms with van der Waals surface area (Å²) >= 11 is 1.76. The third kappa shape index (κ3) is 4.05. The topological polar surface area (TPSA) is 12.9 Å². The highest BCUT2D eigenvalue weighted by Crippen LogP contribution is 2.46. The van der Waals surface area contributed by atoms with Gasteiger partial charge in [0.05, 0.1) is 10.2 Å². The van der Waals surface area contributed by atoms with Crippen molar-refractivity contribution in [3.8, 4) is 32.8 Å². The van der Waals surface area contributed by atoms with E-state index in [1.54, 1.807) is 11.3 Å². The van der Waals surface area contributed by atoms with E-state index in [9.17, 15) is 0 Å². The van der Waals surface area contributed by atoms with Crippen LogP contribution >= 0.6 is 11.3 Å². The van der Waals surface area contributed by atoms with Crippen LogP contribution in [0.4, 0.5) is 0 Å². The Morgan fingerprint density at radius 1 is 0.362 bits per heavy atom. The molecule has 0 saturated heterocycles. The Hall–Kier alpha value is -5.83. The van der Waals surface area contributed by atoms with Crippen molar-refractivity contribution < 1.29 is 0 Å². The molecule has 0 atom stereocenters. The van der Waals surface area contributed by atoms with Gasteiger partial charge in [0, 0.05) is 5.56 Å². The molecule has 10 aromatic rings. The van der Waals surface area contributed by atoms with Gasteiger partial charge in [0.15, 0.2) is 0 Å². The summed E-state index contributed by atoms with van der Waals surface area (Å²) in [6.07, 6.45) is 0. The fraction of sp³-hybridized carbons (Fsp3) is 0. The first kappa shape index (κ1) is 26.4. The minimum absolute atomic E-state index is 1.06. The second kappa shape index (κ2) is 10.3. The molecule has 0 bridgehead atoms. The van der Waals surface area contributed by atoms with Crippen LogP contribution in [0.5, 0.6) is 0 Å². The first-order valence-corrected chi connectivity index (χ1v) is 16.9. The Balaban J connectivity index is 1.24. The number of benzene rings is 9. The SMILES string of the molecule is c1ccc(-c2c3ccccc3c(-c3cccc4cc5c(ccc6c(-c7nc8ccccc8s7)cccc65)cc34)c3ccccc23)cc1. The monoisotopic (exact) mass is 613 g/mol. The Labute approximate surface area is 276 Å². The molecule has 2 heteroatoms. The predicted molar refractivity (Wildman–Crippen MR) is 203 cm³/mol. The molecule has 1 aromatic heterocycles. The molecule has 1 heterocycles. The summed E-state index contributed by atoms with van der Waals surface area (Å²) in [4.78, 5) is 5.00. The number of nitrogens with zero attached hydrogens (tertiary/aromatic N) is 1. The molecule has 0 spiro atoms. The number of para-hydroxylation sites is 1. The largest absolute Gasteiger partial charge is 0.236 e. The zero-order chi connectivity index (χ0) is 30.9. The standard InChI is InChI=1S/C45H27NS/c1-2-12-28(13-3-1)43-33-15-4-6-17-35(33)44(36-18-7-5-16-34(36)43)37-20-10-14-29-26-39-30(27-40(29)37)24-25-32-31(39)19-11-21-38(32)45-46-41-22-8-9-23-42(41)47-45/h1-27H. The summed E-state index contributed by atoms with van der Waals surface area (Å²) in [5, 5.41) is 13.7. The van der Waals surface area contributed by atoms with Gasteiger partial charge in [-0.1, -0.05) is 140 Å². The van der Waals surface area contributed by atoms with Crippen molar-refractivity contribution in [1.29, 1.82) is 0 Å². The fourth-order valence-corrected chi connectivity index (χ4v) is 8.60. The van der Waals surface area contributed by atoms with Crippen molar-refractivity contribution in [3.63, 3.8) is 0 Å². The number of rotatable bonds is 3. The van der Waals surface area contributed by atoms with Gasteiger partial charge in [-0.25, -0.2) is 4.98 Å².